The van der Waals surface area contributed by atoms with Crippen molar-refractivity contribution in [2.24, 2.45) is 0 Å². The summed E-state index contributed by atoms with van der Waals surface area (Å²) >= 11 is 0. The Hall–Kier alpha value is -1.68. The molecule has 1 N–H and O–H groups in total. The lowest BCUT2D eigenvalue weighted by Gasteiger charge is -2.09. The third-order valence-electron chi connectivity index (χ3n) is 3.23. The SMILES string of the molecule is CCCn1ncnc1CNCc1ccccc1CC. The van der Waals surface area contributed by atoms with Gasteiger partial charge in [-0.15, -0.1) is 0 Å². The van der Waals surface area contributed by atoms with Crippen molar-refractivity contribution in [2.75, 3.05) is 0 Å². The average molecular weight is 258 g/mol. The Balaban J connectivity index is 1.91. The van der Waals surface area contributed by atoms with Gasteiger partial charge in [0.25, 0.3) is 0 Å². The summed E-state index contributed by atoms with van der Waals surface area (Å²) in [6.07, 6.45) is 3.78. The predicted octanol–water partition coefficient (Wildman–Crippen LogP) is 2.54. The Morgan fingerprint density at radius 2 is 1.89 bits per heavy atom. The van der Waals surface area contributed by atoms with Crippen molar-refractivity contribution >= 4 is 0 Å². The van der Waals surface area contributed by atoms with Gasteiger partial charge in [0.05, 0.1) is 6.54 Å². The van der Waals surface area contributed by atoms with E-state index in [2.05, 4.69) is 53.5 Å². The first-order valence-corrected chi connectivity index (χ1v) is 6.99. The first-order valence-electron chi connectivity index (χ1n) is 6.99. The first-order chi connectivity index (χ1) is 9.35. The van der Waals surface area contributed by atoms with Crippen LogP contribution >= 0.6 is 0 Å². The predicted molar refractivity (Wildman–Crippen MR) is 76.7 cm³/mol. The summed E-state index contributed by atoms with van der Waals surface area (Å²) in [4.78, 5) is 4.30. The Morgan fingerprint density at radius 3 is 2.63 bits per heavy atom. The number of aryl methyl sites for hydroxylation is 2. The lowest BCUT2D eigenvalue weighted by Crippen LogP contribution is -2.18. The molecule has 1 aromatic heterocycles. The van der Waals surface area contributed by atoms with Crippen molar-refractivity contribution < 1.29 is 0 Å². The van der Waals surface area contributed by atoms with Crippen LogP contribution in [-0.2, 0) is 26.1 Å². The van der Waals surface area contributed by atoms with E-state index in [1.54, 1.807) is 6.33 Å². The van der Waals surface area contributed by atoms with Gasteiger partial charge >= 0.3 is 0 Å². The van der Waals surface area contributed by atoms with Gasteiger partial charge in [0, 0.05) is 13.1 Å². The molecule has 19 heavy (non-hydrogen) atoms. The van der Waals surface area contributed by atoms with E-state index in [1.165, 1.54) is 11.1 Å². The van der Waals surface area contributed by atoms with E-state index in [4.69, 9.17) is 0 Å². The topological polar surface area (TPSA) is 42.7 Å². The van der Waals surface area contributed by atoms with E-state index in [0.29, 0.717) is 0 Å². The lowest BCUT2D eigenvalue weighted by molar-refractivity contribution is 0.542. The number of hydrogen-bond donors (Lipinski definition) is 1. The van der Waals surface area contributed by atoms with Crippen LogP contribution < -0.4 is 5.32 Å². The molecule has 0 atom stereocenters. The van der Waals surface area contributed by atoms with Gasteiger partial charge in [-0.1, -0.05) is 38.1 Å². The molecule has 0 spiro atoms. The van der Waals surface area contributed by atoms with Crippen LogP contribution in [0, 0.1) is 0 Å². The molecule has 0 bridgehead atoms. The maximum atomic E-state index is 4.30. The van der Waals surface area contributed by atoms with Crippen LogP contribution in [0.2, 0.25) is 0 Å². The highest BCUT2D eigenvalue weighted by Crippen LogP contribution is 2.09. The number of hydrogen-bond acceptors (Lipinski definition) is 3. The molecule has 0 aliphatic heterocycles. The molecular weight excluding hydrogens is 236 g/mol. The van der Waals surface area contributed by atoms with Gasteiger partial charge in [-0.3, -0.25) is 0 Å². The van der Waals surface area contributed by atoms with Crippen LogP contribution in [-0.4, -0.2) is 14.8 Å². The minimum atomic E-state index is 0.762. The number of nitrogens with one attached hydrogen (secondary N) is 1. The minimum absolute atomic E-state index is 0.762. The van der Waals surface area contributed by atoms with Crippen molar-refractivity contribution in [3.63, 3.8) is 0 Å². The standard InChI is InChI=1S/C15H22N4/c1-3-9-19-15(17-12-18-19)11-16-10-14-8-6-5-7-13(14)4-2/h5-8,12,16H,3-4,9-11H2,1-2H3. The summed E-state index contributed by atoms with van der Waals surface area (Å²) < 4.78 is 1.97. The Kier molecular flexibility index (Phi) is 5.10. The maximum absolute atomic E-state index is 4.30. The average Bonchev–Trinajstić information content (AvgIpc) is 2.87. The Bertz CT molecular complexity index is 504. The highest BCUT2D eigenvalue weighted by atomic mass is 15.3. The summed E-state index contributed by atoms with van der Waals surface area (Å²) in [5.74, 6) is 1.01. The van der Waals surface area contributed by atoms with Crippen LogP contribution in [0.3, 0.4) is 0 Å². The van der Waals surface area contributed by atoms with Gasteiger partial charge in [-0.05, 0) is 24.0 Å². The summed E-state index contributed by atoms with van der Waals surface area (Å²) in [6.45, 7) is 6.91. The fraction of sp³-hybridized carbons (Fsp3) is 0.467. The van der Waals surface area contributed by atoms with E-state index in [0.717, 1.165) is 38.3 Å². The van der Waals surface area contributed by atoms with E-state index >= 15 is 0 Å². The van der Waals surface area contributed by atoms with Crippen molar-refractivity contribution in [3.05, 3.63) is 47.5 Å². The highest BCUT2D eigenvalue weighted by molar-refractivity contribution is 5.26. The molecule has 1 heterocycles. The summed E-state index contributed by atoms with van der Waals surface area (Å²) in [7, 11) is 0. The van der Waals surface area contributed by atoms with Crippen molar-refractivity contribution in [1.29, 1.82) is 0 Å². The summed E-state index contributed by atoms with van der Waals surface area (Å²) in [6, 6.07) is 8.56. The zero-order valence-electron chi connectivity index (χ0n) is 11.8. The zero-order chi connectivity index (χ0) is 13.5. The zero-order valence-corrected chi connectivity index (χ0v) is 11.8. The van der Waals surface area contributed by atoms with E-state index in [1.807, 2.05) is 4.68 Å². The normalized spacial score (nSPS) is 10.8. The molecular formula is C15H22N4. The molecule has 2 aromatic rings. The minimum Gasteiger partial charge on any atom is -0.306 e. The fourth-order valence-electron chi connectivity index (χ4n) is 2.21. The first kappa shape index (κ1) is 13.7. The molecule has 0 fully saturated rings. The molecule has 1 aromatic carbocycles. The van der Waals surface area contributed by atoms with Crippen molar-refractivity contribution in [1.82, 2.24) is 20.1 Å². The van der Waals surface area contributed by atoms with Gasteiger partial charge in [0.2, 0.25) is 0 Å². The van der Waals surface area contributed by atoms with E-state index in [-0.39, 0.29) is 0 Å². The van der Waals surface area contributed by atoms with E-state index < -0.39 is 0 Å². The quantitative estimate of drug-likeness (QED) is 0.830. The number of rotatable bonds is 7. The van der Waals surface area contributed by atoms with Gasteiger partial charge in [0.1, 0.15) is 12.2 Å². The Morgan fingerprint density at radius 1 is 1.11 bits per heavy atom. The third kappa shape index (κ3) is 3.64. The van der Waals surface area contributed by atoms with Crippen LogP contribution in [0.5, 0.6) is 0 Å². The summed E-state index contributed by atoms with van der Waals surface area (Å²) in [5, 5.41) is 7.69. The molecule has 4 nitrogen and oxygen atoms in total. The third-order valence-corrected chi connectivity index (χ3v) is 3.23. The van der Waals surface area contributed by atoms with Crippen LogP contribution in [0.25, 0.3) is 0 Å². The van der Waals surface area contributed by atoms with Crippen LogP contribution in [0.1, 0.15) is 37.2 Å². The molecule has 0 aliphatic rings. The molecule has 4 heteroatoms. The lowest BCUT2D eigenvalue weighted by atomic mass is 10.1. The van der Waals surface area contributed by atoms with Crippen molar-refractivity contribution in [3.8, 4) is 0 Å². The van der Waals surface area contributed by atoms with Gasteiger partial charge in [-0.2, -0.15) is 5.10 Å². The molecule has 0 aliphatic carbocycles. The van der Waals surface area contributed by atoms with Gasteiger partial charge < -0.3 is 5.32 Å². The fourth-order valence-corrected chi connectivity index (χ4v) is 2.21. The monoisotopic (exact) mass is 258 g/mol. The van der Waals surface area contributed by atoms with Crippen LogP contribution in [0.4, 0.5) is 0 Å². The largest absolute Gasteiger partial charge is 0.306 e. The molecule has 0 unspecified atom stereocenters. The molecule has 0 amide bonds. The molecule has 2 rings (SSSR count). The molecule has 0 saturated carbocycles. The number of nitrogens with zero attached hydrogens (tertiary/aromatic N) is 3. The summed E-state index contributed by atoms with van der Waals surface area (Å²) in [5.41, 5.74) is 2.77. The second-order valence-corrected chi connectivity index (χ2v) is 4.63. The molecule has 0 saturated heterocycles. The second kappa shape index (κ2) is 7.04. The molecule has 102 valence electrons. The Labute approximate surface area is 114 Å². The smallest absolute Gasteiger partial charge is 0.140 e. The number of benzene rings is 1. The molecule has 0 radical (unpaired) electrons. The maximum Gasteiger partial charge on any atom is 0.140 e. The number of aromatic nitrogens is 3. The van der Waals surface area contributed by atoms with Gasteiger partial charge in [-0.25, -0.2) is 9.67 Å². The van der Waals surface area contributed by atoms with Crippen molar-refractivity contribution in [2.45, 2.75) is 46.3 Å². The second-order valence-electron chi connectivity index (χ2n) is 4.63. The van der Waals surface area contributed by atoms with Crippen LogP contribution in [0.15, 0.2) is 30.6 Å². The highest BCUT2D eigenvalue weighted by Gasteiger charge is 2.04. The van der Waals surface area contributed by atoms with E-state index in [9.17, 15) is 0 Å². The van der Waals surface area contributed by atoms with Gasteiger partial charge in [0.15, 0.2) is 0 Å².